The minimum Gasteiger partial charge on any atom is -0.475 e. The van der Waals surface area contributed by atoms with Crippen LogP contribution in [-0.2, 0) is 15.5 Å². The smallest absolute Gasteiger partial charge is 0.220 e. The molecule has 0 fully saturated rings. The van der Waals surface area contributed by atoms with Gasteiger partial charge in [-0.1, -0.05) is 59.6 Å². The van der Waals surface area contributed by atoms with Gasteiger partial charge in [-0.15, -0.1) is 0 Å². The lowest BCUT2D eigenvalue weighted by atomic mass is 10.0. The number of hydrogen-bond donors (Lipinski definition) is 0. The van der Waals surface area contributed by atoms with Gasteiger partial charge in [-0.3, -0.25) is 9.19 Å². The van der Waals surface area contributed by atoms with E-state index in [-0.39, 0.29) is 6.04 Å². The van der Waals surface area contributed by atoms with E-state index < -0.39 is 10.8 Å². The van der Waals surface area contributed by atoms with Gasteiger partial charge < -0.3 is 4.74 Å². The minimum atomic E-state index is -0.973. The number of benzene rings is 2. The Labute approximate surface area is 175 Å². The molecular formula is C21H16Cl2N2O2S. The largest absolute Gasteiger partial charge is 0.475 e. The van der Waals surface area contributed by atoms with E-state index in [2.05, 4.69) is 9.98 Å². The third-order valence-electron chi connectivity index (χ3n) is 4.53. The fourth-order valence-corrected chi connectivity index (χ4v) is 4.08. The molecule has 0 aliphatic carbocycles. The van der Waals surface area contributed by atoms with E-state index in [4.69, 9.17) is 27.9 Å². The van der Waals surface area contributed by atoms with Crippen LogP contribution in [0.2, 0.25) is 10.0 Å². The van der Waals surface area contributed by atoms with Crippen molar-refractivity contribution >= 4 is 39.9 Å². The first kappa shape index (κ1) is 19.1. The van der Waals surface area contributed by atoms with Crippen LogP contribution in [0.5, 0.6) is 0 Å². The molecule has 1 aliphatic heterocycles. The molecular weight excluding hydrogens is 415 g/mol. The first-order chi connectivity index (χ1) is 13.5. The normalized spacial score (nSPS) is 17.1. The van der Waals surface area contributed by atoms with Crippen molar-refractivity contribution in [2.24, 2.45) is 4.99 Å². The molecule has 0 amide bonds. The van der Waals surface area contributed by atoms with Crippen LogP contribution in [0.25, 0.3) is 11.1 Å². The molecule has 2 heterocycles. The lowest BCUT2D eigenvalue weighted by Gasteiger charge is -2.08. The fourth-order valence-electron chi connectivity index (χ4n) is 3.03. The third kappa shape index (κ3) is 3.83. The highest BCUT2D eigenvalue weighted by atomic mass is 35.5. The quantitative estimate of drug-likeness (QED) is 0.563. The maximum absolute atomic E-state index is 11.5. The fraction of sp³-hybridized carbons (Fsp3) is 0.143. The van der Waals surface area contributed by atoms with Crippen LogP contribution in [0.3, 0.4) is 0 Å². The number of pyridine rings is 1. The molecule has 4 rings (SSSR count). The van der Waals surface area contributed by atoms with Gasteiger partial charge in [0, 0.05) is 34.3 Å². The number of aromatic nitrogens is 1. The van der Waals surface area contributed by atoms with Gasteiger partial charge in [-0.25, -0.2) is 4.99 Å². The third-order valence-corrected chi connectivity index (χ3v) is 6.04. The molecule has 0 N–H and O–H groups in total. The van der Waals surface area contributed by atoms with E-state index in [1.165, 1.54) is 12.4 Å². The highest BCUT2D eigenvalue weighted by molar-refractivity contribution is 7.84. The number of halogens is 2. The van der Waals surface area contributed by atoms with Crippen molar-refractivity contribution in [3.8, 4) is 11.1 Å². The molecule has 0 radical (unpaired) electrons. The van der Waals surface area contributed by atoms with E-state index in [9.17, 15) is 4.21 Å². The van der Waals surface area contributed by atoms with Gasteiger partial charge in [0.05, 0.1) is 15.6 Å². The van der Waals surface area contributed by atoms with Gasteiger partial charge in [0.15, 0.2) is 0 Å². The monoisotopic (exact) mass is 430 g/mol. The Morgan fingerprint density at radius 3 is 2.11 bits per heavy atom. The van der Waals surface area contributed by atoms with Crippen molar-refractivity contribution in [3.05, 3.63) is 82.1 Å². The lowest BCUT2D eigenvalue weighted by Crippen LogP contribution is -2.03. The summed E-state index contributed by atoms with van der Waals surface area (Å²) in [4.78, 5) is 9.42. The summed E-state index contributed by atoms with van der Waals surface area (Å²) in [5.74, 6) is 0.439. The summed E-state index contributed by atoms with van der Waals surface area (Å²) < 4.78 is 17.3. The summed E-state index contributed by atoms with van der Waals surface area (Å²) in [7, 11) is -0.973. The van der Waals surface area contributed by atoms with Crippen LogP contribution in [-0.4, -0.2) is 28.0 Å². The lowest BCUT2D eigenvalue weighted by molar-refractivity contribution is 0.320. The molecule has 0 bridgehead atoms. The Morgan fingerprint density at radius 2 is 1.54 bits per heavy atom. The van der Waals surface area contributed by atoms with Crippen molar-refractivity contribution in [2.45, 2.75) is 10.9 Å². The zero-order chi connectivity index (χ0) is 19.7. The van der Waals surface area contributed by atoms with E-state index >= 15 is 0 Å². The van der Waals surface area contributed by atoms with Crippen molar-refractivity contribution in [3.63, 3.8) is 0 Å². The second kappa shape index (κ2) is 8.03. The molecule has 142 valence electrons. The average Bonchev–Trinajstić information content (AvgIpc) is 3.18. The number of rotatable bonds is 4. The first-order valence-corrected chi connectivity index (χ1v) is 10.9. The predicted molar refractivity (Wildman–Crippen MR) is 114 cm³/mol. The number of nitrogens with zero attached hydrogens (tertiary/aromatic N) is 2. The van der Waals surface area contributed by atoms with Crippen molar-refractivity contribution in [1.29, 1.82) is 0 Å². The molecule has 2 aromatic carbocycles. The molecule has 0 saturated carbocycles. The van der Waals surface area contributed by atoms with Crippen LogP contribution in [0.1, 0.15) is 17.2 Å². The van der Waals surface area contributed by atoms with E-state index in [1.54, 1.807) is 6.26 Å². The van der Waals surface area contributed by atoms with Crippen LogP contribution in [0, 0.1) is 0 Å². The second-order valence-corrected chi connectivity index (χ2v) is 8.53. The zero-order valence-corrected chi connectivity index (χ0v) is 17.3. The summed E-state index contributed by atoms with van der Waals surface area (Å²) >= 11 is 12.4. The van der Waals surface area contributed by atoms with Gasteiger partial charge in [-0.05, 0) is 28.8 Å². The Kier molecular flexibility index (Phi) is 5.49. The topological polar surface area (TPSA) is 51.5 Å². The zero-order valence-electron chi connectivity index (χ0n) is 14.9. The Morgan fingerprint density at radius 1 is 0.964 bits per heavy atom. The molecule has 1 aliphatic rings. The average molecular weight is 431 g/mol. The van der Waals surface area contributed by atoms with Gasteiger partial charge in [0.1, 0.15) is 12.6 Å². The number of aliphatic imine (C=N–C) groups is 1. The van der Waals surface area contributed by atoms with Crippen molar-refractivity contribution < 1.29 is 8.95 Å². The minimum absolute atomic E-state index is 0.116. The summed E-state index contributed by atoms with van der Waals surface area (Å²) in [6.45, 7) is 0.431. The first-order valence-electron chi connectivity index (χ1n) is 8.57. The van der Waals surface area contributed by atoms with E-state index in [0.717, 1.165) is 21.6 Å². The van der Waals surface area contributed by atoms with Crippen LogP contribution in [0.15, 0.2) is 70.8 Å². The molecule has 7 heteroatoms. The van der Waals surface area contributed by atoms with Crippen LogP contribution in [0.4, 0.5) is 0 Å². The van der Waals surface area contributed by atoms with E-state index in [0.29, 0.717) is 28.1 Å². The summed E-state index contributed by atoms with van der Waals surface area (Å²) in [5, 5.41) is 0.831. The molecule has 4 nitrogen and oxygen atoms in total. The number of ether oxygens (including phenoxy) is 1. The van der Waals surface area contributed by atoms with Crippen LogP contribution < -0.4 is 0 Å². The van der Waals surface area contributed by atoms with Gasteiger partial charge in [-0.2, -0.15) is 0 Å². The molecule has 2 unspecified atom stereocenters. The summed E-state index contributed by atoms with van der Waals surface area (Å²) in [6.07, 6.45) is 4.72. The Balaban J connectivity index is 1.56. The maximum Gasteiger partial charge on any atom is 0.220 e. The number of hydrogen-bond acceptors (Lipinski definition) is 4. The summed E-state index contributed by atoms with van der Waals surface area (Å²) in [5.41, 5.74) is 3.78. The molecule has 2 atom stereocenters. The standard InChI is InChI=1S/C21H16Cl2N2O2S/c1-28(26)16-8-6-14(7-9-16)13-2-4-15(5-3-13)19-12-27-21(25-19)20-17(22)10-24-11-18(20)23/h2-11,19H,12H2,1H3. The van der Waals surface area contributed by atoms with Gasteiger partial charge >= 0.3 is 0 Å². The molecule has 0 saturated heterocycles. The predicted octanol–water partition coefficient (Wildman–Crippen LogP) is 5.31. The van der Waals surface area contributed by atoms with Gasteiger partial charge in [0.25, 0.3) is 0 Å². The van der Waals surface area contributed by atoms with Gasteiger partial charge in [0.2, 0.25) is 5.90 Å². The highest BCUT2D eigenvalue weighted by Gasteiger charge is 2.25. The maximum atomic E-state index is 11.5. The van der Waals surface area contributed by atoms with Crippen molar-refractivity contribution in [2.75, 3.05) is 12.9 Å². The Bertz CT molecular complexity index is 1050. The van der Waals surface area contributed by atoms with Crippen LogP contribution >= 0.6 is 23.2 Å². The Hall–Kier alpha value is -2.21. The molecule has 1 aromatic heterocycles. The SMILES string of the molecule is CS(=O)c1ccc(-c2ccc(C3COC(c4c(Cl)cncc4Cl)=N3)cc2)cc1. The van der Waals surface area contributed by atoms with Crippen molar-refractivity contribution in [1.82, 2.24) is 4.98 Å². The molecule has 28 heavy (non-hydrogen) atoms. The highest BCUT2D eigenvalue weighted by Crippen LogP contribution is 2.32. The summed E-state index contributed by atoms with van der Waals surface area (Å²) in [6, 6.07) is 15.8. The molecule has 0 spiro atoms. The molecule has 3 aromatic rings. The van der Waals surface area contributed by atoms with E-state index in [1.807, 2.05) is 48.5 Å². The second-order valence-electron chi connectivity index (χ2n) is 6.34.